The molecule has 1 saturated heterocycles. The summed E-state index contributed by atoms with van der Waals surface area (Å²) in [5, 5.41) is 12.3. The highest BCUT2D eigenvalue weighted by Gasteiger charge is 2.40. The lowest BCUT2D eigenvalue weighted by molar-refractivity contribution is -0.141. The molecule has 1 fully saturated rings. The third-order valence-electron chi connectivity index (χ3n) is 4.17. The fraction of sp³-hybridized carbons (Fsp3) is 0.353. The van der Waals surface area contributed by atoms with Crippen molar-refractivity contribution < 1.29 is 19.4 Å². The smallest absolute Gasteiger partial charge is 0.326 e. The topological polar surface area (TPSA) is 79.7 Å². The van der Waals surface area contributed by atoms with Crippen LogP contribution in [0.1, 0.15) is 21.8 Å². The normalized spacial score (nSPS) is 20.3. The molecule has 1 aliphatic heterocycles. The molecular weight excluding hydrogens is 328 g/mol. The van der Waals surface area contributed by atoms with Gasteiger partial charge in [-0.3, -0.25) is 4.79 Å². The number of carboxylic acids is 1. The first-order valence-corrected chi connectivity index (χ1v) is 8.46. The molecule has 3 rings (SSSR count). The lowest BCUT2D eigenvalue weighted by atomic mass is 10.1. The van der Waals surface area contributed by atoms with Crippen LogP contribution >= 0.6 is 11.3 Å². The first-order valence-electron chi connectivity index (χ1n) is 7.58. The number of nitrogens with zero attached hydrogens (tertiary/aromatic N) is 2. The summed E-state index contributed by atoms with van der Waals surface area (Å²) in [6.07, 6.45) is 0.0575. The van der Waals surface area contributed by atoms with E-state index in [9.17, 15) is 14.7 Å². The van der Waals surface area contributed by atoms with Crippen molar-refractivity contribution in [2.75, 3.05) is 13.7 Å². The molecule has 1 aromatic carbocycles. The molecule has 0 bridgehead atoms. The van der Waals surface area contributed by atoms with Crippen molar-refractivity contribution in [3.05, 3.63) is 40.2 Å². The van der Waals surface area contributed by atoms with E-state index in [4.69, 9.17) is 4.74 Å². The van der Waals surface area contributed by atoms with Gasteiger partial charge in [0.25, 0.3) is 5.91 Å². The van der Waals surface area contributed by atoms with Gasteiger partial charge < -0.3 is 14.7 Å². The van der Waals surface area contributed by atoms with Crippen LogP contribution in [-0.4, -0.2) is 52.7 Å². The number of benzene rings is 1. The number of ether oxygens (including phenoxy) is 1. The molecule has 2 unspecified atom stereocenters. The SMILES string of the molecule is COC1CC(C(=O)O)N(C(=O)c2cccc(-c3csc(C)n3)c2)C1. The summed E-state index contributed by atoms with van der Waals surface area (Å²) < 4.78 is 5.24. The van der Waals surface area contributed by atoms with Crippen LogP contribution in [0.5, 0.6) is 0 Å². The number of aliphatic carboxylic acids is 1. The molecule has 0 saturated carbocycles. The number of likely N-dealkylation sites (tertiary alicyclic amines) is 1. The van der Waals surface area contributed by atoms with E-state index in [1.54, 1.807) is 29.5 Å². The molecule has 0 aliphatic carbocycles. The van der Waals surface area contributed by atoms with Crippen LogP contribution in [0, 0.1) is 6.92 Å². The van der Waals surface area contributed by atoms with E-state index in [2.05, 4.69) is 4.98 Å². The maximum absolute atomic E-state index is 12.8. The van der Waals surface area contributed by atoms with Gasteiger partial charge in [-0.15, -0.1) is 11.3 Å². The van der Waals surface area contributed by atoms with Crippen LogP contribution in [0.2, 0.25) is 0 Å². The number of carbonyl (C=O) groups excluding carboxylic acids is 1. The average molecular weight is 346 g/mol. The zero-order valence-electron chi connectivity index (χ0n) is 13.4. The van der Waals surface area contributed by atoms with Gasteiger partial charge in [0.1, 0.15) is 6.04 Å². The second-order valence-corrected chi connectivity index (χ2v) is 6.80. The number of methoxy groups -OCH3 is 1. The Morgan fingerprint density at radius 2 is 2.21 bits per heavy atom. The molecule has 0 radical (unpaired) electrons. The van der Waals surface area contributed by atoms with E-state index in [0.29, 0.717) is 12.0 Å². The highest BCUT2D eigenvalue weighted by Crippen LogP contribution is 2.26. The van der Waals surface area contributed by atoms with Gasteiger partial charge in [-0.2, -0.15) is 0 Å². The van der Waals surface area contributed by atoms with Gasteiger partial charge in [-0.1, -0.05) is 12.1 Å². The van der Waals surface area contributed by atoms with Gasteiger partial charge in [0, 0.05) is 36.6 Å². The van der Waals surface area contributed by atoms with E-state index in [-0.39, 0.29) is 18.6 Å². The maximum atomic E-state index is 12.8. The van der Waals surface area contributed by atoms with E-state index in [1.165, 1.54) is 12.0 Å². The van der Waals surface area contributed by atoms with E-state index >= 15 is 0 Å². The fourth-order valence-corrected chi connectivity index (χ4v) is 3.52. The second kappa shape index (κ2) is 6.70. The Bertz CT molecular complexity index is 773. The number of thiazole rings is 1. The summed E-state index contributed by atoms with van der Waals surface area (Å²) in [7, 11) is 1.53. The number of amides is 1. The molecule has 1 N–H and O–H groups in total. The first kappa shape index (κ1) is 16.6. The van der Waals surface area contributed by atoms with E-state index in [0.717, 1.165) is 16.3 Å². The number of rotatable bonds is 4. The van der Waals surface area contributed by atoms with E-state index in [1.807, 2.05) is 18.4 Å². The largest absolute Gasteiger partial charge is 0.480 e. The lowest BCUT2D eigenvalue weighted by Crippen LogP contribution is -2.40. The summed E-state index contributed by atoms with van der Waals surface area (Å²) >= 11 is 1.55. The van der Waals surface area contributed by atoms with Crippen LogP contribution in [0.15, 0.2) is 29.6 Å². The Hall–Kier alpha value is -2.25. The first-order chi connectivity index (χ1) is 11.5. The van der Waals surface area contributed by atoms with Crippen molar-refractivity contribution in [3.63, 3.8) is 0 Å². The molecule has 2 atom stereocenters. The highest BCUT2D eigenvalue weighted by molar-refractivity contribution is 7.09. The lowest BCUT2D eigenvalue weighted by Gasteiger charge is -2.21. The minimum Gasteiger partial charge on any atom is -0.480 e. The van der Waals surface area contributed by atoms with Crippen molar-refractivity contribution >= 4 is 23.2 Å². The third kappa shape index (κ3) is 3.18. The molecule has 126 valence electrons. The van der Waals surface area contributed by atoms with Crippen LogP contribution in [0.25, 0.3) is 11.3 Å². The summed E-state index contributed by atoms with van der Waals surface area (Å²) in [6, 6.07) is 6.28. The van der Waals surface area contributed by atoms with E-state index < -0.39 is 12.0 Å². The monoisotopic (exact) mass is 346 g/mol. The Balaban J connectivity index is 1.88. The zero-order valence-corrected chi connectivity index (χ0v) is 14.2. The summed E-state index contributed by atoms with van der Waals surface area (Å²) in [4.78, 5) is 30.0. The summed E-state index contributed by atoms with van der Waals surface area (Å²) in [5.41, 5.74) is 2.12. The Labute approximate surface area is 143 Å². The fourth-order valence-electron chi connectivity index (χ4n) is 2.90. The minimum atomic E-state index is -1.01. The molecule has 0 spiro atoms. The zero-order chi connectivity index (χ0) is 17.3. The number of hydrogen-bond donors (Lipinski definition) is 1. The van der Waals surface area contributed by atoms with Crippen molar-refractivity contribution in [1.82, 2.24) is 9.88 Å². The van der Waals surface area contributed by atoms with Crippen molar-refractivity contribution in [3.8, 4) is 11.3 Å². The van der Waals surface area contributed by atoms with Crippen molar-refractivity contribution in [1.29, 1.82) is 0 Å². The van der Waals surface area contributed by atoms with Gasteiger partial charge in [0.05, 0.1) is 16.8 Å². The van der Waals surface area contributed by atoms with Gasteiger partial charge in [0.15, 0.2) is 0 Å². The quantitative estimate of drug-likeness (QED) is 0.920. The van der Waals surface area contributed by atoms with Gasteiger partial charge in [-0.05, 0) is 19.1 Å². The van der Waals surface area contributed by atoms with Crippen LogP contribution < -0.4 is 0 Å². The second-order valence-electron chi connectivity index (χ2n) is 5.74. The van der Waals surface area contributed by atoms with Crippen LogP contribution in [0.3, 0.4) is 0 Å². The Morgan fingerprint density at radius 3 is 2.83 bits per heavy atom. The van der Waals surface area contributed by atoms with Gasteiger partial charge in [0.2, 0.25) is 0 Å². The molecule has 1 aliphatic rings. The van der Waals surface area contributed by atoms with Gasteiger partial charge >= 0.3 is 5.97 Å². The molecular formula is C17H18N2O4S. The number of hydrogen-bond acceptors (Lipinski definition) is 5. The summed E-state index contributed by atoms with van der Waals surface area (Å²) in [6.45, 7) is 2.21. The number of carboxylic acid groups (broad SMARTS) is 1. The molecule has 7 heteroatoms. The Kier molecular flexibility index (Phi) is 4.64. The van der Waals surface area contributed by atoms with Gasteiger partial charge in [-0.25, -0.2) is 9.78 Å². The van der Waals surface area contributed by atoms with Crippen molar-refractivity contribution in [2.45, 2.75) is 25.5 Å². The molecule has 2 heterocycles. The predicted molar refractivity (Wildman–Crippen MR) is 90.2 cm³/mol. The number of carbonyl (C=O) groups is 2. The predicted octanol–water partition coefficient (Wildman–Crippen LogP) is 2.43. The highest BCUT2D eigenvalue weighted by atomic mass is 32.1. The number of aryl methyl sites for hydroxylation is 1. The molecule has 1 amide bonds. The Morgan fingerprint density at radius 1 is 1.42 bits per heavy atom. The molecule has 2 aromatic rings. The van der Waals surface area contributed by atoms with Crippen molar-refractivity contribution in [2.24, 2.45) is 0 Å². The molecule has 24 heavy (non-hydrogen) atoms. The third-order valence-corrected chi connectivity index (χ3v) is 4.94. The maximum Gasteiger partial charge on any atom is 0.326 e. The molecule has 1 aromatic heterocycles. The number of aromatic nitrogens is 1. The summed E-state index contributed by atoms with van der Waals surface area (Å²) in [5.74, 6) is -1.30. The average Bonchev–Trinajstić information content (AvgIpc) is 3.20. The minimum absolute atomic E-state index is 0.251. The van der Waals surface area contributed by atoms with Crippen LogP contribution in [-0.2, 0) is 9.53 Å². The van der Waals surface area contributed by atoms with Crippen LogP contribution in [0.4, 0.5) is 0 Å². The standard InChI is InChI=1S/C17H18N2O4S/c1-10-18-14(9-24-10)11-4-3-5-12(6-11)16(20)19-8-13(23-2)7-15(19)17(21)22/h3-6,9,13,15H,7-8H2,1-2H3,(H,21,22). The molecule has 6 nitrogen and oxygen atoms in total.